The highest BCUT2D eigenvalue weighted by atomic mass is 32.2. The molecule has 2 aromatic carbocycles. The zero-order valence-corrected chi connectivity index (χ0v) is 22.8. The number of hydrogen-bond donors (Lipinski definition) is 1. The molecule has 3 heterocycles. The Morgan fingerprint density at radius 2 is 1.77 bits per heavy atom. The molecule has 0 radical (unpaired) electrons. The lowest BCUT2D eigenvalue weighted by Crippen LogP contribution is -2.40. The Bertz CT molecular complexity index is 1470. The van der Waals surface area contributed by atoms with E-state index < -0.39 is 10.0 Å². The summed E-state index contributed by atoms with van der Waals surface area (Å²) in [6.07, 6.45) is 0.425. The zero-order chi connectivity index (χ0) is 27.4. The summed E-state index contributed by atoms with van der Waals surface area (Å²) in [5.74, 6) is 1.56. The van der Waals surface area contributed by atoms with Crippen molar-refractivity contribution >= 4 is 33.5 Å². The average molecular weight is 574 g/mol. The zero-order valence-electron chi connectivity index (χ0n) is 21.2. The van der Waals surface area contributed by atoms with Crippen molar-refractivity contribution in [3.63, 3.8) is 0 Å². The number of aromatic nitrogens is 3. The number of rotatable bonds is 10. The summed E-state index contributed by atoms with van der Waals surface area (Å²) in [6, 6.07) is 11.4. The lowest BCUT2D eigenvalue weighted by Gasteiger charge is -2.26. The fourth-order valence-electron chi connectivity index (χ4n) is 4.15. The van der Waals surface area contributed by atoms with Crippen LogP contribution in [0, 0.1) is 0 Å². The van der Waals surface area contributed by atoms with Gasteiger partial charge in [-0.25, -0.2) is 8.42 Å². The van der Waals surface area contributed by atoms with Crippen molar-refractivity contribution < 1.29 is 32.2 Å². The van der Waals surface area contributed by atoms with Gasteiger partial charge in [-0.3, -0.25) is 14.2 Å². The first-order valence-electron chi connectivity index (χ1n) is 12.3. The van der Waals surface area contributed by atoms with Gasteiger partial charge < -0.3 is 19.5 Å². The Kier molecular flexibility index (Phi) is 8.16. The Morgan fingerprint density at radius 3 is 2.51 bits per heavy atom. The third-order valence-corrected chi connectivity index (χ3v) is 9.00. The molecule has 39 heavy (non-hydrogen) atoms. The van der Waals surface area contributed by atoms with Gasteiger partial charge in [-0.2, -0.15) is 4.31 Å². The summed E-state index contributed by atoms with van der Waals surface area (Å²) in [5, 5.41) is 11.8. The number of sulfonamides is 1. The number of hydrogen-bond acceptors (Lipinski definition) is 10. The van der Waals surface area contributed by atoms with Crippen molar-refractivity contribution in [1.82, 2.24) is 24.4 Å². The standard InChI is InChI=1S/C25H27N5O7S2/c1-17(31)26-9-8-24-27-28-25(30(24)19-4-7-22-23(14-19)37-16-36-22)38-15-21(32)18-2-5-20(6-3-18)39(33,34)29-10-12-35-13-11-29/h2-7,14H,8-13,15-16H2,1H3,(H,26,31). The molecule has 2 aliphatic heterocycles. The van der Waals surface area contributed by atoms with Crippen LogP contribution >= 0.6 is 11.8 Å². The number of carbonyl (C=O) groups is 2. The number of ketones is 1. The van der Waals surface area contributed by atoms with E-state index in [2.05, 4.69) is 15.5 Å². The maximum Gasteiger partial charge on any atom is 0.243 e. The Balaban J connectivity index is 1.31. The number of carbonyl (C=O) groups excluding carboxylic acids is 2. The number of morpholine rings is 1. The summed E-state index contributed by atoms with van der Waals surface area (Å²) < 4.78 is 45.1. The van der Waals surface area contributed by atoms with Gasteiger partial charge in [0.05, 0.1) is 29.5 Å². The highest BCUT2D eigenvalue weighted by molar-refractivity contribution is 7.99. The van der Waals surface area contributed by atoms with E-state index in [0.717, 1.165) is 5.69 Å². The summed E-state index contributed by atoms with van der Waals surface area (Å²) in [7, 11) is -3.64. The molecule has 0 atom stereocenters. The predicted octanol–water partition coefficient (Wildman–Crippen LogP) is 1.67. The van der Waals surface area contributed by atoms with E-state index in [-0.39, 0.29) is 29.1 Å². The van der Waals surface area contributed by atoms with Crippen molar-refractivity contribution in [3.8, 4) is 17.2 Å². The molecule has 5 rings (SSSR count). The van der Waals surface area contributed by atoms with E-state index in [0.29, 0.717) is 67.3 Å². The molecule has 12 nitrogen and oxygen atoms in total. The number of amides is 1. The van der Waals surface area contributed by atoms with Crippen LogP contribution in [0.15, 0.2) is 52.5 Å². The minimum Gasteiger partial charge on any atom is -0.454 e. The fraction of sp³-hybridized carbons (Fsp3) is 0.360. The third-order valence-electron chi connectivity index (χ3n) is 6.15. The van der Waals surface area contributed by atoms with Crippen LogP contribution in [0.25, 0.3) is 5.69 Å². The van der Waals surface area contributed by atoms with Crippen molar-refractivity contribution in [3.05, 3.63) is 53.9 Å². The number of Topliss-reactive ketones (excluding diaryl/α,β-unsaturated/α-hetero) is 1. The van der Waals surface area contributed by atoms with E-state index >= 15 is 0 Å². The topological polar surface area (TPSA) is 142 Å². The first kappa shape index (κ1) is 27.1. The normalized spacial score (nSPS) is 15.3. The molecule has 1 fully saturated rings. The van der Waals surface area contributed by atoms with Gasteiger partial charge in [-0.1, -0.05) is 23.9 Å². The second kappa shape index (κ2) is 11.7. The minimum absolute atomic E-state index is 0.0595. The molecule has 0 saturated carbocycles. The summed E-state index contributed by atoms with van der Waals surface area (Å²) in [5.41, 5.74) is 1.12. The van der Waals surface area contributed by atoms with Gasteiger partial charge in [0, 0.05) is 44.6 Å². The molecule has 0 spiro atoms. The second-order valence-electron chi connectivity index (χ2n) is 8.76. The number of fused-ring (bicyclic) bond motifs is 1. The first-order valence-corrected chi connectivity index (χ1v) is 14.7. The van der Waals surface area contributed by atoms with Crippen LogP contribution in [0.3, 0.4) is 0 Å². The van der Waals surface area contributed by atoms with Crippen LogP contribution in [0.5, 0.6) is 11.5 Å². The van der Waals surface area contributed by atoms with E-state index in [9.17, 15) is 18.0 Å². The largest absolute Gasteiger partial charge is 0.454 e. The van der Waals surface area contributed by atoms with Crippen LogP contribution in [0.4, 0.5) is 0 Å². The molecule has 0 aliphatic carbocycles. The molecular formula is C25H27N5O7S2. The summed E-state index contributed by atoms with van der Waals surface area (Å²) in [4.78, 5) is 24.5. The predicted molar refractivity (Wildman–Crippen MR) is 141 cm³/mol. The van der Waals surface area contributed by atoms with E-state index in [4.69, 9.17) is 14.2 Å². The Hall–Kier alpha value is -3.46. The molecule has 1 N–H and O–H groups in total. The van der Waals surface area contributed by atoms with Crippen LogP contribution in [-0.4, -0.2) is 84.6 Å². The number of benzene rings is 2. The highest BCUT2D eigenvalue weighted by Crippen LogP contribution is 2.35. The maximum atomic E-state index is 13.0. The van der Waals surface area contributed by atoms with Gasteiger partial charge in [-0.05, 0) is 24.3 Å². The van der Waals surface area contributed by atoms with E-state index in [1.807, 2.05) is 16.7 Å². The molecule has 206 valence electrons. The molecule has 1 aromatic heterocycles. The number of nitrogens with one attached hydrogen (secondary N) is 1. The van der Waals surface area contributed by atoms with Crippen LogP contribution in [0.2, 0.25) is 0 Å². The molecule has 1 saturated heterocycles. The first-order chi connectivity index (χ1) is 18.8. The average Bonchev–Trinajstić information content (AvgIpc) is 3.58. The maximum absolute atomic E-state index is 13.0. The molecular weight excluding hydrogens is 546 g/mol. The lowest BCUT2D eigenvalue weighted by atomic mass is 10.1. The monoisotopic (exact) mass is 573 g/mol. The van der Waals surface area contributed by atoms with Crippen molar-refractivity contribution in [1.29, 1.82) is 0 Å². The van der Waals surface area contributed by atoms with Crippen molar-refractivity contribution in [2.75, 3.05) is 45.4 Å². The molecule has 0 bridgehead atoms. The highest BCUT2D eigenvalue weighted by Gasteiger charge is 2.26. The molecule has 14 heteroatoms. The SMILES string of the molecule is CC(=O)NCCc1nnc(SCC(=O)c2ccc(S(=O)(=O)N3CCOCC3)cc2)n1-c1ccc2c(c1)OCO2. The van der Waals surface area contributed by atoms with Gasteiger partial charge in [0.1, 0.15) is 5.82 Å². The molecule has 2 aliphatic rings. The summed E-state index contributed by atoms with van der Waals surface area (Å²) >= 11 is 1.21. The molecule has 3 aromatic rings. The molecule has 1 amide bonds. The van der Waals surface area contributed by atoms with Crippen LogP contribution in [-0.2, 0) is 26.0 Å². The number of ether oxygens (including phenoxy) is 3. The minimum atomic E-state index is -3.64. The smallest absolute Gasteiger partial charge is 0.243 e. The quantitative estimate of drug-likeness (QED) is 0.281. The van der Waals surface area contributed by atoms with Crippen molar-refractivity contribution in [2.24, 2.45) is 0 Å². The summed E-state index contributed by atoms with van der Waals surface area (Å²) in [6.45, 7) is 3.28. The Labute approximate surface area is 229 Å². The van der Waals surface area contributed by atoms with Gasteiger partial charge in [0.2, 0.25) is 22.7 Å². The number of thioether (sulfide) groups is 1. The van der Waals surface area contributed by atoms with Gasteiger partial charge in [-0.15, -0.1) is 10.2 Å². The van der Waals surface area contributed by atoms with E-state index in [1.54, 1.807) is 6.07 Å². The third kappa shape index (κ3) is 6.08. The van der Waals surface area contributed by atoms with E-state index in [1.165, 1.54) is 47.3 Å². The van der Waals surface area contributed by atoms with Gasteiger partial charge >= 0.3 is 0 Å². The van der Waals surface area contributed by atoms with Gasteiger partial charge in [0.15, 0.2) is 22.4 Å². The lowest BCUT2D eigenvalue weighted by molar-refractivity contribution is -0.118. The second-order valence-corrected chi connectivity index (χ2v) is 11.6. The molecule has 0 unspecified atom stereocenters. The Morgan fingerprint density at radius 1 is 1.03 bits per heavy atom. The van der Waals surface area contributed by atoms with Crippen molar-refractivity contribution in [2.45, 2.75) is 23.4 Å². The number of nitrogens with zero attached hydrogens (tertiary/aromatic N) is 4. The van der Waals surface area contributed by atoms with Crippen LogP contribution in [0.1, 0.15) is 23.1 Å². The van der Waals surface area contributed by atoms with Gasteiger partial charge in [0.25, 0.3) is 0 Å². The fourth-order valence-corrected chi connectivity index (χ4v) is 6.43. The van der Waals surface area contributed by atoms with Crippen LogP contribution < -0.4 is 14.8 Å².